The van der Waals surface area contributed by atoms with Gasteiger partial charge < -0.3 is 9.47 Å². The average Bonchev–Trinajstić information content (AvgIpc) is 2.68. The predicted molar refractivity (Wildman–Crippen MR) is 104 cm³/mol. The highest BCUT2D eigenvalue weighted by atomic mass is 79.9. The van der Waals surface area contributed by atoms with Gasteiger partial charge in [-0.2, -0.15) is 0 Å². The van der Waals surface area contributed by atoms with Crippen LogP contribution in [0.4, 0.5) is 4.39 Å². The van der Waals surface area contributed by atoms with E-state index in [1.165, 1.54) is 11.6 Å². The quantitative estimate of drug-likeness (QED) is 0.500. The number of methoxy groups -OCH3 is 1. The van der Waals surface area contributed by atoms with Crippen molar-refractivity contribution in [2.24, 2.45) is 0 Å². The summed E-state index contributed by atoms with van der Waals surface area (Å²) < 4.78 is 26.6. The lowest BCUT2D eigenvalue weighted by molar-refractivity contribution is 0.176. The Morgan fingerprint density at radius 3 is 2.62 bits per heavy atom. The van der Waals surface area contributed by atoms with E-state index in [2.05, 4.69) is 22.0 Å². The van der Waals surface area contributed by atoms with Crippen molar-refractivity contribution in [1.82, 2.24) is 0 Å². The van der Waals surface area contributed by atoms with Gasteiger partial charge in [0.1, 0.15) is 23.4 Å². The molecule has 132 valence electrons. The van der Waals surface area contributed by atoms with E-state index in [9.17, 15) is 4.39 Å². The maximum Gasteiger partial charge on any atom is 0.131 e. The molecule has 0 bridgehead atoms. The number of rotatable bonds is 3. The van der Waals surface area contributed by atoms with Gasteiger partial charge in [0.15, 0.2) is 0 Å². The maximum atomic E-state index is 14.2. The summed E-state index contributed by atoms with van der Waals surface area (Å²) in [5.41, 5.74) is 3.70. The number of benzene rings is 3. The summed E-state index contributed by atoms with van der Waals surface area (Å²) in [5, 5.41) is 0. The van der Waals surface area contributed by atoms with Crippen LogP contribution in [0.1, 0.15) is 23.7 Å². The van der Waals surface area contributed by atoms with Crippen LogP contribution in [0.3, 0.4) is 0 Å². The molecule has 0 aromatic heterocycles. The lowest BCUT2D eigenvalue weighted by Gasteiger charge is -2.26. The summed E-state index contributed by atoms with van der Waals surface area (Å²) in [6.07, 6.45) is 1.93. The van der Waals surface area contributed by atoms with Crippen LogP contribution < -0.4 is 9.47 Å². The number of hydrogen-bond acceptors (Lipinski definition) is 2. The van der Waals surface area contributed by atoms with Gasteiger partial charge in [-0.1, -0.05) is 46.3 Å². The van der Waals surface area contributed by atoms with Crippen LogP contribution in [0.15, 0.2) is 65.1 Å². The van der Waals surface area contributed by atoms with Gasteiger partial charge in [-0.3, -0.25) is 0 Å². The van der Waals surface area contributed by atoms with E-state index in [-0.39, 0.29) is 11.9 Å². The summed E-state index contributed by atoms with van der Waals surface area (Å²) >= 11 is 3.49. The Hall–Kier alpha value is -2.33. The first-order chi connectivity index (χ1) is 12.6. The van der Waals surface area contributed by atoms with Crippen molar-refractivity contribution in [1.29, 1.82) is 0 Å². The lowest BCUT2D eigenvalue weighted by Crippen LogP contribution is -2.15. The van der Waals surface area contributed by atoms with E-state index < -0.39 is 0 Å². The monoisotopic (exact) mass is 412 g/mol. The topological polar surface area (TPSA) is 18.5 Å². The zero-order valence-electron chi connectivity index (χ0n) is 14.3. The van der Waals surface area contributed by atoms with E-state index in [0.29, 0.717) is 11.3 Å². The molecule has 2 nitrogen and oxygen atoms in total. The van der Waals surface area contributed by atoms with Crippen LogP contribution in [-0.4, -0.2) is 7.11 Å². The van der Waals surface area contributed by atoms with Crippen molar-refractivity contribution in [3.63, 3.8) is 0 Å². The van der Waals surface area contributed by atoms with Gasteiger partial charge in [-0.25, -0.2) is 4.39 Å². The Bertz CT molecular complexity index is 937. The fourth-order valence-electron chi connectivity index (χ4n) is 3.31. The molecule has 3 aromatic rings. The summed E-state index contributed by atoms with van der Waals surface area (Å²) in [5.74, 6) is 1.31. The molecular formula is C22H18BrFO2. The van der Waals surface area contributed by atoms with Crippen molar-refractivity contribution in [2.45, 2.75) is 18.9 Å². The second kappa shape index (κ2) is 7.12. The largest absolute Gasteiger partial charge is 0.497 e. The molecule has 0 N–H and O–H groups in total. The van der Waals surface area contributed by atoms with Crippen LogP contribution >= 0.6 is 15.9 Å². The fraction of sp³-hybridized carbons (Fsp3) is 0.182. The van der Waals surface area contributed by atoms with E-state index >= 15 is 0 Å². The molecule has 0 fully saturated rings. The second-order valence-electron chi connectivity index (χ2n) is 6.36. The first kappa shape index (κ1) is 17.1. The Morgan fingerprint density at radius 1 is 1.04 bits per heavy atom. The van der Waals surface area contributed by atoms with Crippen molar-refractivity contribution in [3.8, 4) is 22.6 Å². The summed E-state index contributed by atoms with van der Waals surface area (Å²) in [4.78, 5) is 0. The Kier molecular flexibility index (Phi) is 4.68. The minimum Gasteiger partial charge on any atom is -0.497 e. The molecule has 1 atom stereocenters. The number of fused-ring (bicyclic) bond motifs is 1. The second-order valence-corrected chi connectivity index (χ2v) is 7.28. The normalized spacial score (nSPS) is 15.9. The third-order valence-corrected chi connectivity index (χ3v) is 5.23. The van der Waals surface area contributed by atoms with Gasteiger partial charge in [0.25, 0.3) is 0 Å². The molecule has 0 amide bonds. The van der Waals surface area contributed by atoms with Crippen LogP contribution in [0, 0.1) is 5.82 Å². The Morgan fingerprint density at radius 2 is 1.85 bits per heavy atom. The van der Waals surface area contributed by atoms with Crippen molar-refractivity contribution < 1.29 is 13.9 Å². The molecule has 0 radical (unpaired) electrons. The van der Waals surface area contributed by atoms with E-state index in [0.717, 1.165) is 34.2 Å². The fourth-order valence-corrected chi connectivity index (χ4v) is 3.65. The first-order valence-corrected chi connectivity index (χ1v) is 9.32. The summed E-state index contributed by atoms with van der Waals surface area (Å²) in [7, 11) is 1.58. The molecule has 1 aliphatic heterocycles. The maximum absolute atomic E-state index is 14.2. The molecule has 3 aromatic carbocycles. The number of hydrogen-bond donors (Lipinski definition) is 0. The molecule has 0 aliphatic carbocycles. The van der Waals surface area contributed by atoms with Crippen molar-refractivity contribution in [2.75, 3.05) is 7.11 Å². The van der Waals surface area contributed by atoms with Crippen molar-refractivity contribution >= 4 is 15.9 Å². The highest BCUT2D eigenvalue weighted by Crippen LogP contribution is 2.37. The average molecular weight is 413 g/mol. The van der Waals surface area contributed by atoms with Gasteiger partial charge in [0.2, 0.25) is 0 Å². The molecular weight excluding hydrogens is 395 g/mol. The van der Waals surface area contributed by atoms with Crippen LogP contribution in [-0.2, 0) is 6.42 Å². The molecule has 4 rings (SSSR count). The van der Waals surface area contributed by atoms with Crippen LogP contribution in [0.2, 0.25) is 0 Å². The molecule has 1 unspecified atom stereocenters. The molecule has 1 heterocycles. The standard InChI is InChI=1S/C22H18BrFO2/c1-25-18-9-10-20(24)19(13-18)14-2-4-15(5-3-14)21-11-7-16-6-8-17(23)12-22(16)26-21/h2-6,8-10,12-13,21H,7,11H2,1H3. The van der Waals surface area contributed by atoms with Crippen molar-refractivity contribution in [3.05, 3.63) is 82.1 Å². The van der Waals surface area contributed by atoms with Gasteiger partial charge in [0.05, 0.1) is 7.11 Å². The molecule has 26 heavy (non-hydrogen) atoms. The first-order valence-electron chi connectivity index (χ1n) is 8.53. The Labute approximate surface area is 160 Å². The van der Waals surface area contributed by atoms with Gasteiger partial charge >= 0.3 is 0 Å². The van der Waals surface area contributed by atoms with E-state index in [4.69, 9.17) is 9.47 Å². The lowest BCUT2D eigenvalue weighted by atomic mass is 9.95. The molecule has 0 saturated carbocycles. The van der Waals surface area contributed by atoms with Crippen LogP contribution in [0.5, 0.6) is 11.5 Å². The van der Waals surface area contributed by atoms with E-state index in [1.54, 1.807) is 19.2 Å². The number of halogens is 2. The molecule has 0 spiro atoms. The zero-order valence-corrected chi connectivity index (χ0v) is 15.9. The molecule has 0 saturated heterocycles. The smallest absolute Gasteiger partial charge is 0.131 e. The Balaban J connectivity index is 1.59. The summed E-state index contributed by atoms with van der Waals surface area (Å²) in [6, 6.07) is 18.8. The van der Waals surface area contributed by atoms with Gasteiger partial charge in [-0.15, -0.1) is 0 Å². The summed E-state index contributed by atoms with van der Waals surface area (Å²) in [6.45, 7) is 0. The van der Waals surface area contributed by atoms with Gasteiger partial charge in [0, 0.05) is 10.0 Å². The third-order valence-electron chi connectivity index (χ3n) is 4.74. The zero-order chi connectivity index (χ0) is 18.1. The van der Waals surface area contributed by atoms with Crippen LogP contribution in [0.25, 0.3) is 11.1 Å². The highest BCUT2D eigenvalue weighted by molar-refractivity contribution is 9.10. The molecule has 4 heteroatoms. The minimum atomic E-state index is -0.258. The third kappa shape index (κ3) is 3.34. The molecule has 1 aliphatic rings. The number of ether oxygens (including phenoxy) is 2. The highest BCUT2D eigenvalue weighted by Gasteiger charge is 2.21. The van der Waals surface area contributed by atoms with Gasteiger partial charge in [-0.05, 0) is 59.9 Å². The minimum absolute atomic E-state index is 0.0148. The number of aryl methyl sites for hydroxylation is 1. The predicted octanol–water partition coefficient (Wildman–Crippen LogP) is 6.33. The SMILES string of the molecule is COc1ccc(F)c(-c2ccc(C3CCc4ccc(Br)cc4O3)cc2)c1. The van der Waals surface area contributed by atoms with E-state index in [1.807, 2.05) is 36.4 Å².